The van der Waals surface area contributed by atoms with Crippen molar-refractivity contribution in [2.45, 2.75) is 20.4 Å². The van der Waals surface area contributed by atoms with E-state index in [1.54, 1.807) is 30.5 Å². The van der Waals surface area contributed by atoms with Crippen LogP contribution >= 0.6 is 0 Å². The number of rotatable bonds is 7. The summed E-state index contributed by atoms with van der Waals surface area (Å²) in [4.78, 5) is 12.1. The molecule has 0 saturated carbocycles. The Morgan fingerprint density at radius 1 is 1.14 bits per heavy atom. The van der Waals surface area contributed by atoms with Crippen molar-refractivity contribution >= 4 is 5.91 Å². The lowest BCUT2D eigenvalue weighted by Gasteiger charge is -2.12. The summed E-state index contributed by atoms with van der Waals surface area (Å²) < 4.78 is 16.2. The van der Waals surface area contributed by atoms with E-state index in [-0.39, 0.29) is 5.91 Å². The van der Waals surface area contributed by atoms with Crippen molar-refractivity contribution in [1.29, 1.82) is 0 Å². The minimum Gasteiger partial charge on any atom is -0.490 e. The largest absolute Gasteiger partial charge is 0.490 e. The molecule has 0 spiro atoms. The Hall–Kier alpha value is -2.43. The van der Waals surface area contributed by atoms with Crippen LogP contribution in [0.4, 0.5) is 0 Å². The number of hydrogen-bond acceptors (Lipinski definition) is 4. The van der Waals surface area contributed by atoms with Gasteiger partial charge in [0.1, 0.15) is 5.76 Å². The van der Waals surface area contributed by atoms with E-state index in [1.165, 1.54) is 0 Å². The van der Waals surface area contributed by atoms with Gasteiger partial charge < -0.3 is 19.2 Å². The van der Waals surface area contributed by atoms with Gasteiger partial charge in [0.2, 0.25) is 0 Å². The standard InChI is InChI=1S/C16H19NO4/c1-3-19-14-8-7-12(10-15(14)20-4-2)16(18)17-11-13-6-5-9-21-13/h5-10H,3-4,11H2,1-2H3,(H,17,18). The van der Waals surface area contributed by atoms with E-state index in [0.717, 1.165) is 0 Å². The van der Waals surface area contributed by atoms with Crippen LogP contribution in [0.3, 0.4) is 0 Å². The van der Waals surface area contributed by atoms with Crippen LogP contribution in [0.1, 0.15) is 30.0 Å². The second-order valence-corrected chi connectivity index (χ2v) is 4.29. The van der Waals surface area contributed by atoms with Crippen molar-refractivity contribution in [2.75, 3.05) is 13.2 Å². The molecule has 0 saturated heterocycles. The SMILES string of the molecule is CCOc1ccc(C(=O)NCc2ccco2)cc1OCC. The first kappa shape index (κ1) is 15.0. The van der Waals surface area contributed by atoms with Crippen LogP contribution in [0.2, 0.25) is 0 Å². The summed E-state index contributed by atoms with van der Waals surface area (Å²) >= 11 is 0. The summed E-state index contributed by atoms with van der Waals surface area (Å²) in [5.74, 6) is 1.74. The molecule has 0 atom stereocenters. The summed E-state index contributed by atoms with van der Waals surface area (Å²) in [6, 6.07) is 8.74. The fourth-order valence-electron chi connectivity index (χ4n) is 1.87. The second-order valence-electron chi connectivity index (χ2n) is 4.29. The average molecular weight is 289 g/mol. The Morgan fingerprint density at radius 2 is 1.90 bits per heavy atom. The summed E-state index contributed by atoms with van der Waals surface area (Å²) in [7, 11) is 0. The molecule has 5 heteroatoms. The van der Waals surface area contributed by atoms with Gasteiger partial charge in [-0.2, -0.15) is 0 Å². The molecule has 0 unspecified atom stereocenters. The van der Waals surface area contributed by atoms with Gasteiger partial charge in [0.15, 0.2) is 11.5 Å². The predicted molar refractivity (Wildman–Crippen MR) is 78.7 cm³/mol. The van der Waals surface area contributed by atoms with Gasteiger partial charge in [0, 0.05) is 5.56 Å². The molecule has 5 nitrogen and oxygen atoms in total. The second kappa shape index (κ2) is 7.38. The topological polar surface area (TPSA) is 60.7 Å². The molecular formula is C16H19NO4. The molecule has 0 radical (unpaired) electrons. The highest BCUT2D eigenvalue weighted by atomic mass is 16.5. The number of ether oxygens (including phenoxy) is 2. The van der Waals surface area contributed by atoms with Crippen LogP contribution < -0.4 is 14.8 Å². The Morgan fingerprint density at radius 3 is 2.57 bits per heavy atom. The molecule has 0 bridgehead atoms. The normalized spacial score (nSPS) is 10.2. The third-order valence-electron chi connectivity index (χ3n) is 2.81. The van der Waals surface area contributed by atoms with Crippen molar-refractivity contribution in [3.63, 3.8) is 0 Å². The van der Waals surface area contributed by atoms with Crippen LogP contribution in [0.25, 0.3) is 0 Å². The first-order chi connectivity index (χ1) is 10.2. The fraction of sp³-hybridized carbons (Fsp3) is 0.312. The lowest BCUT2D eigenvalue weighted by atomic mass is 10.2. The molecule has 1 amide bonds. The van der Waals surface area contributed by atoms with E-state index in [4.69, 9.17) is 13.9 Å². The van der Waals surface area contributed by atoms with Gasteiger partial charge in [0.05, 0.1) is 26.0 Å². The van der Waals surface area contributed by atoms with Crippen LogP contribution in [0, 0.1) is 0 Å². The van der Waals surface area contributed by atoms with E-state index < -0.39 is 0 Å². The summed E-state index contributed by atoms with van der Waals surface area (Å²) in [5.41, 5.74) is 0.522. The maximum atomic E-state index is 12.1. The number of nitrogens with one attached hydrogen (secondary N) is 1. The monoisotopic (exact) mass is 289 g/mol. The van der Waals surface area contributed by atoms with Gasteiger partial charge in [-0.3, -0.25) is 4.79 Å². The molecule has 0 aliphatic carbocycles. The van der Waals surface area contributed by atoms with Gasteiger partial charge in [0.25, 0.3) is 5.91 Å². The molecule has 2 rings (SSSR count). The van der Waals surface area contributed by atoms with Gasteiger partial charge in [-0.05, 0) is 44.2 Å². The molecule has 0 fully saturated rings. The van der Waals surface area contributed by atoms with Crippen molar-refractivity contribution in [3.8, 4) is 11.5 Å². The molecule has 1 N–H and O–H groups in total. The third kappa shape index (κ3) is 4.02. The molecule has 112 valence electrons. The highest BCUT2D eigenvalue weighted by molar-refractivity contribution is 5.94. The van der Waals surface area contributed by atoms with Crippen LogP contribution in [-0.2, 0) is 6.54 Å². The molecule has 0 aliphatic rings. The maximum absolute atomic E-state index is 12.1. The molecule has 1 aromatic heterocycles. The van der Waals surface area contributed by atoms with Crippen LogP contribution in [-0.4, -0.2) is 19.1 Å². The number of benzene rings is 1. The van der Waals surface area contributed by atoms with Crippen LogP contribution in [0.5, 0.6) is 11.5 Å². The summed E-state index contributed by atoms with van der Waals surface area (Å²) in [6.07, 6.45) is 1.57. The maximum Gasteiger partial charge on any atom is 0.251 e. The number of amides is 1. The van der Waals surface area contributed by atoms with Crippen molar-refractivity contribution in [3.05, 3.63) is 47.9 Å². The van der Waals surface area contributed by atoms with Crippen molar-refractivity contribution < 1.29 is 18.7 Å². The molecule has 21 heavy (non-hydrogen) atoms. The Balaban J connectivity index is 2.07. The van der Waals surface area contributed by atoms with E-state index in [1.807, 2.05) is 19.9 Å². The van der Waals surface area contributed by atoms with Crippen LogP contribution in [0.15, 0.2) is 41.0 Å². The molecule has 0 aliphatic heterocycles. The van der Waals surface area contributed by atoms with E-state index in [2.05, 4.69) is 5.32 Å². The predicted octanol–water partition coefficient (Wildman–Crippen LogP) is 3.01. The summed E-state index contributed by atoms with van der Waals surface area (Å²) in [5, 5.41) is 2.79. The Bertz CT molecular complexity index is 578. The Kier molecular flexibility index (Phi) is 5.26. The fourth-order valence-corrected chi connectivity index (χ4v) is 1.87. The number of carbonyl (C=O) groups is 1. The number of furan rings is 1. The third-order valence-corrected chi connectivity index (χ3v) is 2.81. The van der Waals surface area contributed by atoms with Gasteiger partial charge in [-0.1, -0.05) is 0 Å². The summed E-state index contributed by atoms with van der Waals surface area (Å²) in [6.45, 7) is 5.20. The van der Waals surface area contributed by atoms with E-state index in [0.29, 0.717) is 42.6 Å². The Labute approximate surface area is 123 Å². The van der Waals surface area contributed by atoms with Gasteiger partial charge in [-0.15, -0.1) is 0 Å². The smallest absolute Gasteiger partial charge is 0.251 e. The van der Waals surface area contributed by atoms with Crippen molar-refractivity contribution in [1.82, 2.24) is 5.32 Å². The number of carbonyl (C=O) groups excluding carboxylic acids is 1. The van der Waals surface area contributed by atoms with Crippen molar-refractivity contribution in [2.24, 2.45) is 0 Å². The zero-order valence-corrected chi connectivity index (χ0v) is 12.2. The lowest BCUT2D eigenvalue weighted by molar-refractivity contribution is 0.0947. The van der Waals surface area contributed by atoms with E-state index in [9.17, 15) is 4.79 Å². The average Bonchev–Trinajstić information content (AvgIpc) is 3.00. The van der Waals surface area contributed by atoms with Gasteiger partial charge in [-0.25, -0.2) is 0 Å². The van der Waals surface area contributed by atoms with Gasteiger partial charge >= 0.3 is 0 Å². The first-order valence-electron chi connectivity index (χ1n) is 6.94. The quantitative estimate of drug-likeness (QED) is 0.851. The molecule has 2 aromatic rings. The number of hydrogen-bond donors (Lipinski definition) is 1. The molecular weight excluding hydrogens is 270 g/mol. The lowest BCUT2D eigenvalue weighted by Crippen LogP contribution is -2.22. The zero-order chi connectivity index (χ0) is 15.1. The minimum atomic E-state index is -0.185. The van der Waals surface area contributed by atoms with E-state index >= 15 is 0 Å². The molecule has 1 aromatic carbocycles. The first-order valence-corrected chi connectivity index (χ1v) is 6.94. The molecule has 1 heterocycles. The zero-order valence-electron chi connectivity index (χ0n) is 12.2. The highest BCUT2D eigenvalue weighted by Gasteiger charge is 2.11. The highest BCUT2D eigenvalue weighted by Crippen LogP contribution is 2.28. The minimum absolute atomic E-state index is 0.185.